The Balaban J connectivity index is 1.24. The van der Waals surface area contributed by atoms with Crippen LogP contribution >= 0.6 is 0 Å². The molecule has 0 aromatic heterocycles. The SMILES string of the molecule is CN1CC(c2cccc(N3CCc4cc(C5CC5)ccc4C3=O)c2CO)N=C(Nc2ccc(C(=O)N(CCO)CCO)cc2)C1=O. The lowest BCUT2D eigenvalue weighted by Crippen LogP contribution is -2.44. The Morgan fingerprint density at radius 1 is 0.978 bits per heavy atom. The summed E-state index contributed by atoms with van der Waals surface area (Å²) in [5.74, 6) is 0.0174. The summed E-state index contributed by atoms with van der Waals surface area (Å²) < 4.78 is 0. The molecule has 2 heterocycles. The van der Waals surface area contributed by atoms with Gasteiger partial charge in [-0.2, -0.15) is 0 Å². The van der Waals surface area contributed by atoms with Crippen LogP contribution in [0, 0.1) is 0 Å². The van der Waals surface area contributed by atoms with Crippen molar-refractivity contribution in [1.29, 1.82) is 0 Å². The van der Waals surface area contributed by atoms with Gasteiger partial charge >= 0.3 is 0 Å². The van der Waals surface area contributed by atoms with Crippen LogP contribution < -0.4 is 10.2 Å². The number of fused-ring (bicyclic) bond motifs is 1. The van der Waals surface area contributed by atoms with Crippen LogP contribution in [0.2, 0.25) is 0 Å². The summed E-state index contributed by atoms with van der Waals surface area (Å²) in [6, 6.07) is 17.8. The number of rotatable bonds is 10. The molecule has 1 aliphatic carbocycles. The summed E-state index contributed by atoms with van der Waals surface area (Å²) >= 11 is 0. The van der Waals surface area contributed by atoms with Crippen molar-refractivity contribution in [2.24, 2.45) is 4.99 Å². The number of anilines is 2. The maximum atomic E-state index is 13.7. The van der Waals surface area contributed by atoms with Crippen molar-refractivity contribution in [2.45, 2.75) is 37.8 Å². The second-order valence-electron chi connectivity index (χ2n) is 12.0. The van der Waals surface area contributed by atoms with Crippen LogP contribution in [0.4, 0.5) is 11.4 Å². The number of carbonyl (C=O) groups is 3. The third-order valence-corrected chi connectivity index (χ3v) is 8.96. The quantitative estimate of drug-likeness (QED) is 0.271. The highest BCUT2D eigenvalue weighted by molar-refractivity contribution is 6.42. The van der Waals surface area contributed by atoms with Crippen molar-refractivity contribution in [3.63, 3.8) is 0 Å². The second-order valence-corrected chi connectivity index (χ2v) is 12.0. The van der Waals surface area contributed by atoms with Crippen molar-refractivity contribution in [3.8, 4) is 0 Å². The first-order valence-corrected chi connectivity index (χ1v) is 15.7. The van der Waals surface area contributed by atoms with E-state index in [0.717, 1.165) is 17.5 Å². The van der Waals surface area contributed by atoms with E-state index in [0.29, 0.717) is 47.1 Å². The minimum Gasteiger partial charge on any atom is -0.395 e. The fourth-order valence-electron chi connectivity index (χ4n) is 6.34. The van der Waals surface area contributed by atoms with Crippen molar-refractivity contribution < 1.29 is 29.7 Å². The molecule has 1 saturated carbocycles. The zero-order valence-corrected chi connectivity index (χ0v) is 25.9. The van der Waals surface area contributed by atoms with Gasteiger partial charge in [0.2, 0.25) is 0 Å². The molecule has 46 heavy (non-hydrogen) atoms. The minimum atomic E-state index is -0.494. The van der Waals surface area contributed by atoms with Crippen LogP contribution in [0.15, 0.2) is 65.7 Å². The van der Waals surface area contributed by atoms with Gasteiger partial charge in [-0.05, 0) is 78.3 Å². The molecule has 1 fully saturated rings. The van der Waals surface area contributed by atoms with Crippen LogP contribution in [0.25, 0.3) is 0 Å². The van der Waals surface area contributed by atoms with Crippen LogP contribution in [-0.2, 0) is 17.8 Å². The van der Waals surface area contributed by atoms with Gasteiger partial charge in [-0.15, -0.1) is 0 Å². The molecule has 3 aliphatic rings. The molecule has 1 atom stereocenters. The van der Waals surface area contributed by atoms with Crippen LogP contribution in [0.1, 0.15) is 67.8 Å². The molecule has 11 heteroatoms. The van der Waals surface area contributed by atoms with Gasteiger partial charge in [0.25, 0.3) is 17.7 Å². The summed E-state index contributed by atoms with van der Waals surface area (Å²) in [4.78, 5) is 49.1. The number of hydrogen-bond acceptors (Lipinski definition) is 8. The van der Waals surface area contributed by atoms with Gasteiger partial charge in [0, 0.05) is 61.3 Å². The van der Waals surface area contributed by atoms with E-state index in [1.54, 1.807) is 41.1 Å². The van der Waals surface area contributed by atoms with Crippen LogP contribution in [0.3, 0.4) is 0 Å². The average Bonchev–Trinajstić information content (AvgIpc) is 3.92. The number of benzene rings is 3. The number of amides is 3. The fourth-order valence-corrected chi connectivity index (χ4v) is 6.34. The Morgan fingerprint density at radius 3 is 2.39 bits per heavy atom. The van der Waals surface area contributed by atoms with Gasteiger partial charge in [0.1, 0.15) is 0 Å². The predicted octanol–water partition coefficient (Wildman–Crippen LogP) is 2.71. The number of aliphatic hydroxyl groups excluding tert-OH is 3. The van der Waals surface area contributed by atoms with E-state index in [1.807, 2.05) is 24.3 Å². The first-order valence-electron chi connectivity index (χ1n) is 15.7. The molecular formula is C35H39N5O6. The predicted molar refractivity (Wildman–Crippen MR) is 174 cm³/mol. The summed E-state index contributed by atoms with van der Waals surface area (Å²) in [5.41, 5.74) is 5.98. The monoisotopic (exact) mass is 625 g/mol. The van der Waals surface area contributed by atoms with E-state index in [9.17, 15) is 29.7 Å². The Labute approximate surface area is 267 Å². The fraction of sp³-hybridized carbons (Fsp3) is 0.371. The molecule has 4 N–H and O–H groups in total. The molecule has 240 valence electrons. The summed E-state index contributed by atoms with van der Waals surface area (Å²) in [5, 5.41) is 32.2. The number of amidine groups is 1. The Hall–Kier alpha value is -4.58. The molecule has 11 nitrogen and oxygen atoms in total. The molecule has 3 aromatic carbocycles. The molecule has 6 rings (SSSR count). The number of likely N-dealkylation sites (N-methyl/N-ethyl adjacent to an activating group) is 1. The minimum absolute atomic E-state index is 0.0879. The lowest BCUT2D eigenvalue weighted by atomic mass is 9.93. The Kier molecular flexibility index (Phi) is 9.16. The second kappa shape index (κ2) is 13.4. The Morgan fingerprint density at radius 2 is 1.72 bits per heavy atom. The molecule has 0 radical (unpaired) electrons. The normalized spacial score (nSPS) is 17.9. The number of aliphatic hydroxyl groups is 3. The van der Waals surface area contributed by atoms with E-state index in [2.05, 4.69) is 17.4 Å². The van der Waals surface area contributed by atoms with Gasteiger partial charge in [-0.1, -0.05) is 24.3 Å². The van der Waals surface area contributed by atoms with Crippen molar-refractivity contribution in [3.05, 3.63) is 94.0 Å². The summed E-state index contributed by atoms with van der Waals surface area (Å²) in [6.45, 7) is 0.282. The molecular weight excluding hydrogens is 586 g/mol. The first kappa shape index (κ1) is 31.4. The third kappa shape index (κ3) is 6.26. The number of aliphatic imine (C=N–C) groups is 1. The molecule has 2 aliphatic heterocycles. The van der Waals surface area contributed by atoms with Gasteiger partial charge in [-0.25, -0.2) is 0 Å². The highest BCUT2D eigenvalue weighted by Gasteiger charge is 2.33. The van der Waals surface area contributed by atoms with E-state index >= 15 is 0 Å². The number of nitrogens with zero attached hydrogens (tertiary/aromatic N) is 4. The average molecular weight is 626 g/mol. The molecule has 1 unspecified atom stereocenters. The van der Waals surface area contributed by atoms with E-state index in [4.69, 9.17) is 4.99 Å². The van der Waals surface area contributed by atoms with Crippen molar-refractivity contribution in [1.82, 2.24) is 9.80 Å². The molecule has 0 saturated heterocycles. The van der Waals surface area contributed by atoms with Crippen molar-refractivity contribution >= 4 is 34.9 Å². The van der Waals surface area contributed by atoms with E-state index in [-0.39, 0.29) is 56.5 Å². The topological polar surface area (TPSA) is 146 Å². The largest absolute Gasteiger partial charge is 0.395 e. The highest BCUT2D eigenvalue weighted by atomic mass is 16.3. The summed E-state index contributed by atoms with van der Waals surface area (Å²) in [6.07, 6.45) is 3.14. The number of hydrogen-bond donors (Lipinski definition) is 4. The maximum absolute atomic E-state index is 13.7. The molecule has 3 aromatic rings. The standard InChI is InChI=1S/C35H39N5O6/c1-38-20-30(37-32(35(38)46)36-26-10-7-23(8-11-26)33(44)39(15-17-41)16-18-42)28-3-2-4-31(29(28)21-43)40-14-13-25-19-24(22-5-6-22)9-12-27(25)34(40)45/h2-4,7-12,19,22,30,41-43H,5-6,13-18,20-21H2,1H3,(H,36,37). The maximum Gasteiger partial charge on any atom is 0.289 e. The highest BCUT2D eigenvalue weighted by Crippen LogP contribution is 2.41. The van der Waals surface area contributed by atoms with E-state index < -0.39 is 6.04 Å². The van der Waals surface area contributed by atoms with Crippen molar-refractivity contribution in [2.75, 3.05) is 56.7 Å². The van der Waals surface area contributed by atoms with Gasteiger partial charge in [0.05, 0.1) is 25.9 Å². The van der Waals surface area contributed by atoms with Gasteiger partial charge in [0.15, 0.2) is 5.84 Å². The van der Waals surface area contributed by atoms with Gasteiger partial charge in [-0.3, -0.25) is 19.4 Å². The molecule has 0 bridgehead atoms. The number of nitrogens with one attached hydrogen (secondary N) is 1. The summed E-state index contributed by atoms with van der Waals surface area (Å²) in [7, 11) is 1.69. The number of carbonyl (C=O) groups excluding carboxylic acids is 3. The zero-order valence-electron chi connectivity index (χ0n) is 25.9. The first-order chi connectivity index (χ1) is 22.3. The molecule has 0 spiro atoms. The van der Waals surface area contributed by atoms with Crippen LogP contribution in [-0.4, -0.2) is 95.1 Å². The molecule has 3 amide bonds. The lowest BCUT2D eigenvalue weighted by molar-refractivity contribution is -0.123. The smallest absolute Gasteiger partial charge is 0.289 e. The van der Waals surface area contributed by atoms with E-state index in [1.165, 1.54) is 23.3 Å². The zero-order chi connectivity index (χ0) is 32.4. The Bertz CT molecular complexity index is 1660. The van der Waals surface area contributed by atoms with Gasteiger partial charge < -0.3 is 35.3 Å². The third-order valence-electron chi connectivity index (χ3n) is 8.96. The van der Waals surface area contributed by atoms with Crippen LogP contribution in [0.5, 0.6) is 0 Å². The lowest BCUT2D eigenvalue weighted by Gasteiger charge is -2.33.